The monoisotopic (exact) mass is 303 g/mol. The van der Waals surface area contributed by atoms with Crippen molar-refractivity contribution in [3.05, 3.63) is 35.6 Å². The van der Waals surface area contributed by atoms with Gasteiger partial charge in [-0.05, 0) is 12.5 Å². The van der Waals surface area contributed by atoms with Gasteiger partial charge in [0.2, 0.25) is 0 Å². The fourth-order valence-electron chi connectivity index (χ4n) is 2.85. The first-order chi connectivity index (χ1) is 10.6. The van der Waals surface area contributed by atoms with Gasteiger partial charge >= 0.3 is 5.97 Å². The molecule has 0 aliphatic carbocycles. The van der Waals surface area contributed by atoms with E-state index in [4.69, 9.17) is 14.3 Å². The van der Waals surface area contributed by atoms with Crippen LogP contribution in [0.3, 0.4) is 0 Å². The van der Waals surface area contributed by atoms with Gasteiger partial charge in [0.25, 0.3) is 5.91 Å². The van der Waals surface area contributed by atoms with Crippen LogP contribution in [0.1, 0.15) is 22.5 Å². The van der Waals surface area contributed by atoms with Crippen LogP contribution >= 0.6 is 0 Å². The number of ether oxygens (including phenoxy) is 1. The average molecular weight is 303 g/mol. The molecule has 1 aliphatic rings. The molecule has 1 atom stereocenters. The number of benzene rings is 1. The Bertz CT molecular complexity index is 720. The number of fused-ring (bicyclic) bond motifs is 1. The lowest BCUT2D eigenvalue weighted by atomic mass is 10.1. The number of methoxy groups -OCH3 is 1. The van der Waals surface area contributed by atoms with Gasteiger partial charge in [0.1, 0.15) is 5.58 Å². The third-order valence-corrected chi connectivity index (χ3v) is 4.01. The van der Waals surface area contributed by atoms with E-state index in [2.05, 4.69) is 0 Å². The van der Waals surface area contributed by atoms with Crippen LogP contribution in [0.4, 0.5) is 0 Å². The molecule has 0 radical (unpaired) electrons. The number of likely N-dealkylation sites (tertiary alicyclic amines) is 1. The van der Waals surface area contributed by atoms with Gasteiger partial charge in [-0.2, -0.15) is 0 Å². The number of nitrogens with zero attached hydrogens (tertiary/aromatic N) is 1. The zero-order valence-electron chi connectivity index (χ0n) is 12.2. The second-order valence-electron chi connectivity index (χ2n) is 5.41. The van der Waals surface area contributed by atoms with Gasteiger partial charge in [-0.1, -0.05) is 18.2 Å². The SMILES string of the molecule is COCc1c(C(=O)N2CCC(C(=O)O)C2)oc2ccccc12. The largest absolute Gasteiger partial charge is 0.481 e. The molecule has 22 heavy (non-hydrogen) atoms. The maximum atomic E-state index is 12.7. The molecule has 6 heteroatoms. The summed E-state index contributed by atoms with van der Waals surface area (Å²) in [5.41, 5.74) is 1.34. The molecule has 1 saturated heterocycles. The van der Waals surface area contributed by atoms with E-state index >= 15 is 0 Å². The lowest BCUT2D eigenvalue weighted by molar-refractivity contribution is -0.141. The summed E-state index contributed by atoms with van der Waals surface area (Å²) in [4.78, 5) is 25.2. The second-order valence-corrected chi connectivity index (χ2v) is 5.41. The Morgan fingerprint density at radius 2 is 2.18 bits per heavy atom. The number of para-hydroxylation sites is 1. The minimum atomic E-state index is -0.864. The number of carbonyl (C=O) groups is 2. The number of carbonyl (C=O) groups excluding carboxylic acids is 1. The molecule has 1 fully saturated rings. The lowest BCUT2D eigenvalue weighted by Gasteiger charge is -2.14. The van der Waals surface area contributed by atoms with Crippen LogP contribution in [0.2, 0.25) is 0 Å². The maximum Gasteiger partial charge on any atom is 0.308 e. The van der Waals surface area contributed by atoms with E-state index in [0.717, 1.165) is 5.39 Å². The van der Waals surface area contributed by atoms with E-state index in [1.54, 1.807) is 13.2 Å². The van der Waals surface area contributed by atoms with Crippen LogP contribution in [-0.4, -0.2) is 42.1 Å². The lowest BCUT2D eigenvalue weighted by Crippen LogP contribution is -2.30. The first-order valence-electron chi connectivity index (χ1n) is 7.13. The third-order valence-electron chi connectivity index (χ3n) is 4.01. The number of aliphatic carboxylic acids is 1. The van der Waals surface area contributed by atoms with Gasteiger partial charge in [-0.15, -0.1) is 0 Å². The van der Waals surface area contributed by atoms with Gasteiger partial charge in [0.15, 0.2) is 5.76 Å². The summed E-state index contributed by atoms with van der Waals surface area (Å²) in [5.74, 6) is -1.39. The highest BCUT2D eigenvalue weighted by Gasteiger charge is 2.34. The quantitative estimate of drug-likeness (QED) is 0.936. The van der Waals surface area contributed by atoms with Crippen molar-refractivity contribution in [3.63, 3.8) is 0 Å². The molecule has 2 aromatic rings. The second kappa shape index (κ2) is 5.81. The molecule has 2 heterocycles. The Kier molecular flexibility index (Phi) is 3.85. The topological polar surface area (TPSA) is 80.0 Å². The van der Waals surface area contributed by atoms with Crippen LogP contribution in [0.5, 0.6) is 0 Å². The summed E-state index contributed by atoms with van der Waals surface area (Å²) in [5, 5.41) is 9.90. The molecule has 0 spiro atoms. The molecule has 1 aromatic carbocycles. The minimum Gasteiger partial charge on any atom is -0.481 e. The van der Waals surface area contributed by atoms with Gasteiger partial charge < -0.3 is 19.2 Å². The highest BCUT2D eigenvalue weighted by Crippen LogP contribution is 2.29. The van der Waals surface area contributed by atoms with Crippen molar-refractivity contribution in [2.24, 2.45) is 5.92 Å². The number of hydrogen-bond acceptors (Lipinski definition) is 4. The predicted octanol–water partition coefficient (Wildman–Crippen LogP) is 2.13. The number of hydrogen-bond donors (Lipinski definition) is 1. The molecular formula is C16H17NO5. The summed E-state index contributed by atoms with van der Waals surface area (Å²) < 4.78 is 10.9. The standard InChI is InChI=1S/C16H17NO5/c1-21-9-12-11-4-2-3-5-13(11)22-14(12)15(18)17-7-6-10(8-17)16(19)20/h2-5,10H,6-9H2,1H3,(H,19,20). The maximum absolute atomic E-state index is 12.7. The Labute approximate surface area is 127 Å². The van der Waals surface area contributed by atoms with Crippen molar-refractivity contribution < 1.29 is 23.8 Å². The normalized spacial score (nSPS) is 18.0. The fraction of sp³-hybridized carbons (Fsp3) is 0.375. The summed E-state index contributed by atoms with van der Waals surface area (Å²) in [6.45, 7) is 0.922. The smallest absolute Gasteiger partial charge is 0.308 e. The molecule has 1 N–H and O–H groups in total. The van der Waals surface area contributed by atoms with Crippen LogP contribution in [-0.2, 0) is 16.1 Å². The Hall–Kier alpha value is -2.34. The zero-order valence-corrected chi connectivity index (χ0v) is 12.2. The molecule has 6 nitrogen and oxygen atoms in total. The Morgan fingerprint density at radius 3 is 2.86 bits per heavy atom. The first kappa shape index (κ1) is 14.6. The van der Waals surface area contributed by atoms with Crippen molar-refractivity contribution in [2.75, 3.05) is 20.2 Å². The first-order valence-corrected chi connectivity index (χ1v) is 7.13. The fourth-order valence-corrected chi connectivity index (χ4v) is 2.85. The van der Waals surface area contributed by atoms with Crippen molar-refractivity contribution in [1.29, 1.82) is 0 Å². The number of carboxylic acids is 1. The van der Waals surface area contributed by atoms with Gasteiger partial charge in [-0.25, -0.2) is 0 Å². The highest BCUT2D eigenvalue weighted by molar-refractivity contribution is 5.99. The molecular weight excluding hydrogens is 286 g/mol. The number of furan rings is 1. The molecule has 1 amide bonds. The summed E-state index contributed by atoms with van der Waals surface area (Å²) >= 11 is 0. The van der Waals surface area contributed by atoms with E-state index in [1.807, 2.05) is 18.2 Å². The van der Waals surface area contributed by atoms with E-state index in [0.29, 0.717) is 24.1 Å². The summed E-state index contributed by atoms with van der Waals surface area (Å²) in [6, 6.07) is 7.40. The number of rotatable bonds is 4. The van der Waals surface area contributed by atoms with Crippen molar-refractivity contribution >= 4 is 22.8 Å². The molecule has 0 bridgehead atoms. The predicted molar refractivity (Wildman–Crippen MR) is 78.6 cm³/mol. The number of carboxylic acid groups (broad SMARTS) is 1. The summed E-state index contributed by atoms with van der Waals surface area (Å²) in [7, 11) is 1.56. The summed E-state index contributed by atoms with van der Waals surface area (Å²) in [6.07, 6.45) is 0.473. The molecule has 1 aliphatic heterocycles. The van der Waals surface area contributed by atoms with Crippen molar-refractivity contribution in [2.45, 2.75) is 13.0 Å². The van der Waals surface area contributed by atoms with E-state index in [1.165, 1.54) is 4.90 Å². The molecule has 0 saturated carbocycles. The van der Waals surface area contributed by atoms with Gasteiger partial charge in [0, 0.05) is 31.1 Å². The highest BCUT2D eigenvalue weighted by atomic mass is 16.5. The van der Waals surface area contributed by atoms with Gasteiger partial charge in [-0.3, -0.25) is 9.59 Å². The van der Waals surface area contributed by atoms with Crippen LogP contribution in [0, 0.1) is 5.92 Å². The van der Waals surface area contributed by atoms with E-state index < -0.39 is 11.9 Å². The third kappa shape index (κ3) is 2.46. The molecule has 1 aromatic heterocycles. The number of amides is 1. The zero-order chi connectivity index (χ0) is 15.7. The van der Waals surface area contributed by atoms with Crippen LogP contribution in [0.15, 0.2) is 28.7 Å². The van der Waals surface area contributed by atoms with E-state index in [-0.39, 0.29) is 24.8 Å². The molecule has 116 valence electrons. The average Bonchev–Trinajstić information content (AvgIpc) is 3.12. The van der Waals surface area contributed by atoms with Crippen molar-refractivity contribution in [1.82, 2.24) is 4.90 Å². The van der Waals surface area contributed by atoms with E-state index in [9.17, 15) is 9.59 Å². The minimum absolute atomic E-state index is 0.220. The van der Waals surface area contributed by atoms with Gasteiger partial charge in [0.05, 0.1) is 12.5 Å². The molecule has 3 rings (SSSR count). The molecule has 1 unspecified atom stereocenters. The van der Waals surface area contributed by atoms with Crippen LogP contribution in [0.25, 0.3) is 11.0 Å². The Morgan fingerprint density at radius 1 is 1.41 bits per heavy atom. The Balaban J connectivity index is 1.94. The van der Waals surface area contributed by atoms with Crippen molar-refractivity contribution in [3.8, 4) is 0 Å². The van der Waals surface area contributed by atoms with Crippen LogP contribution < -0.4 is 0 Å².